The highest BCUT2D eigenvalue weighted by Gasteiger charge is 2.45. The zero-order chi connectivity index (χ0) is 22.8. The number of para-hydroxylation sites is 1. The molecule has 1 aliphatic carbocycles. The summed E-state index contributed by atoms with van der Waals surface area (Å²) >= 11 is 5.38. The molecule has 172 valence electrons. The van der Waals surface area contributed by atoms with Gasteiger partial charge in [0.05, 0.1) is 24.6 Å². The normalized spacial score (nSPS) is 25.8. The van der Waals surface area contributed by atoms with Gasteiger partial charge in [0, 0.05) is 32.2 Å². The van der Waals surface area contributed by atoms with Gasteiger partial charge < -0.3 is 19.9 Å². The standard InChI is InChI=1S/C22H27FN4O4S/c1-31-21(30)14-6-7-15-17(12-14)24-22(32)27(20(15)29)13-19(28)26-10-8-25(9-11-26)18-5-3-2-4-16(18)23/h2-5,14-15,17H,6-13H2,1H3,(H,24,32). The summed E-state index contributed by atoms with van der Waals surface area (Å²) < 4.78 is 18.9. The number of carbonyl (C=O) groups is 3. The summed E-state index contributed by atoms with van der Waals surface area (Å²) in [6, 6.07) is 6.38. The fourth-order valence-corrected chi connectivity index (χ4v) is 5.14. The lowest BCUT2D eigenvalue weighted by Gasteiger charge is -2.43. The van der Waals surface area contributed by atoms with Gasteiger partial charge >= 0.3 is 5.97 Å². The number of benzene rings is 1. The Balaban J connectivity index is 1.33. The lowest BCUT2D eigenvalue weighted by molar-refractivity contribution is -0.149. The number of hydrogen-bond acceptors (Lipinski definition) is 6. The summed E-state index contributed by atoms with van der Waals surface area (Å²) in [5, 5.41) is 3.38. The molecule has 10 heteroatoms. The van der Waals surface area contributed by atoms with E-state index in [4.69, 9.17) is 17.0 Å². The summed E-state index contributed by atoms with van der Waals surface area (Å²) in [5.74, 6) is -1.45. The minimum Gasteiger partial charge on any atom is -0.469 e. The predicted octanol–water partition coefficient (Wildman–Crippen LogP) is 1.15. The van der Waals surface area contributed by atoms with Gasteiger partial charge in [-0.15, -0.1) is 0 Å². The third-order valence-electron chi connectivity index (χ3n) is 6.64. The van der Waals surface area contributed by atoms with Crippen LogP contribution in [0, 0.1) is 17.7 Å². The fourth-order valence-electron chi connectivity index (χ4n) is 4.83. The molecule has 3 aliphatic rings. The zero-order valence-electron chi connectivity index (χ0n) is 18.0. The second-order valence-electron chi connectivity index (χ2n) is 8.44. The number of thiocarbonyl (C=S) groups is 1. The third kappa shape index (κ3) is 4.41. The summed E-state index contributed by atoms with van der Waals surface area (Å²) in [5.41, 5.74) is 0.532. The lowest BCUT2D eigenvalue weighted by atomic mass is 9.76. The van der Waals surface area contributed by atoms with E-state index in [9.17, 15) is 18.8 Å². The second kappa shape index (κ2) is 9.40. The van der Waals surface area contributed by atoms with Crippen LogP contribution >= 0.6 is 12.2 Å². The van der Waals surface area contributed by atoms with E-state index in [1.54, 1.807) is 23.1 Å². The van der Waals surface area contributed by atoms with Gasteiger partial charge in [0.1, 0.15) is 12.4 Å². The van der Waals surface area contributed by atoms with E-state index in [2.05, 4.69) is 5.32 Å². The van der Waals surface area contributed by atoms with Crippen molar-refractivity contribution in [2.45, 2.75) is 25.3 Å². The minimum atomic E-state index is -0.312. The van der Waals surface area contributed by atoms with Crippen LogP contribution in [0.5, 0.6) is 0 Å². The minimum absolute atomic E-state index is 0.117. The van der Waals surface area contributed by atoms with Crippen molar-refractivity contribution in [2.24, 2.45) is 11.8 Å². The van der Waals surface area contributed by atoms with E-state index in [-0.39, 0.29) is 53.1 Å². The number of nitrogens with zero attached hydrogens (tertiary/aromatic N) is 3. The molecule has 4 rings (SSSR count). The number of amides is 2. The molecule has 2 saturated heterocycles. The number of methoxy groups -OCH3 is 1. The summed E-state index contributed by atoms with van der Waals surface area (Å²) in [6.45, 7) is 1.81. The first-order chi connectivity index (χ1) is 15.4. The first-order valence-corrected chi connectivity index (χ1v) is 11.3. The second-order valence-corrected chi connectivity index (χ2v) is 8.83. The summed E-state index contributed by atoms with van der Waals surface area (Å²) in [4.78, 5) is 42.8. The van der Waals surface area contributed by atoms with Crippen LogP contribution in [0.4, 0.5) is 10.1 Å². The van der Waals surface area contributed by atoms with Crippen LogP contribution < -0.4 is 10.2 Å². The van der Waals surface area contributed by atoms with Gasteiger partial charge in [0.15, 0.2) is 5.11 Å². The van der Waals surface area contributed by atoms with Crippen LogP contribution in [0.3, 0.4) is 0 Å². The van der Waals surface area contributed by atoms with E-state index >= 15 is 0 Å². The Labute approximate surface area is 191 Å². The van der Waals surface area contributed by atoms with Crippen LogP contribution in [0.15, 0.2) is 24.3 Å². The van der Waals surface area contributed by atoms with Crippen molar-refractivity contribution >= 4 is 40.8 Å². The highest BCUT2D eigenvalue weighted by Crippen LogP contribution is 2.33. The van der Waals surface area contributed by atoms with Gasteiger partial charge in [0.25, 0.3) is 0 Å². The smallest absolute Gasteiger partial charge is 0.308 e. The number of esters is 1. The molecule has 8 nitrogen and oxygen atoms in total. The van der Waals surface area contributed by atoms with Gasteiger partial charge in [0.2, 0.25) is 11.8 Å². The molecular weight excluding hydrogens is 435 g/mol. The Morgan fingerprint density at radius 2 is 1.91 bits per heavy atom. The van der Waals surface area contributed by atoms with Gasteiger partial charge in [-0.2, -0.15) is 0 Å². The molecule has 3 atom stereocenters. The number of rotatable bonds is 4. The maximum absolute atomic E-state index is 14.0. The van der Waals surface area contributed by atoms with Gasteiger partial charge in [-0.05, 0) is 43.6 Å². The summed E-state index contributed by atoms with van der Waals surface area (Å²) in [6.07, 6.45) is 1.61. The largest absolute Gasteiger partial charge is 0.469 e. The molecule has 1 aromatic rings. The molecule has 0 radical (unpaired) electrons. The van der Waals surface area contributed by atoms with Crippen LogP contribution in [-0.2, 0) is 19.1 Å². The molecule has 2 amide bonds. The van der Waals surface area contributed by atoms with Crippen LogP contribution in [0.1, 0.15) is 19.3 Å². The Morgan fingerprint density at radius 3 is 2.59 bits per heavy atom. The molecule has 2 heterocycles. The van der Waals surface area contributed by atoms with Crippen LogP contribution in [0.2, 0.25) is 0 Å². The number of hydrogen-bond donors (Lipinski definition) is 1. The van der Waals surface area contributed by atoms with E-state index in [1.165, 1.54) is 18.1 Å². The number of nitrogens with one attached hydrogen (secondary N) is 1. The number of fused-ring (bicyclic) bond motifs is 1. The molecule has 2 aliphatic heterocycles. The topological polar surface area (TPSA) is 82.2 Å². The van der Waals surface area contributed by atoms with Gasteiger partial charge in [-0.3, -0.25) is 19.3 Å². The van der Waals surface area contributed by atoms with Crippen molar-refractivity contribution in [3.05, 3.63) is 30.1 Å². The first-order valence-electron chi connectivity index (χ1n) is 10.9. The Morgan fingerprint density at radius 1 is 1.19 bits per heavy atom. The monoisotopic (exact) mass is 462 g/mol. The molecule has 3 fully saturated rings. The Kier molecular flexibility index (Phi) is 6.59. The molecule has 32 heavy (non-hydrogen) atoms. The average molecular weight is 463 g/mol. The van der Waals surface area contributed by atoms with Crippen molar-refractivity contribution in [3.63, 3.8) is 0 Å². The summed E-state index contributed by atoms with van der Waals surface area (Å²) in [7, 11) is 1.36. The number of anilines is 1. The highest BCUT2D eigenvalue weighted by molar-refractivity contribution is 7.80. The number of piperazine rings is 1. The lowest BCUT2D eigenvalue weighted by Crippen LogP contribution is -2.63. The molecule has 1 N–H and O–H groups in total. The first kappa shape index (κ1) is 22.4. The third-order valence-corrected chi connectivity index (χ3v) is 6.98. The number of ether oxygens (including phenoxy) is 1. The van der Waals surface area contributed by atoms with Crippen LogP contribution in [0.25, 0.3) is 0 Å². The number of carbonyl (C=O) groups excluding carboxylic acids is 3. The molecule has 1 saturated carbocycles. The SMILES string of the molecule is COC(=O)C1CCC2C(=O)N(CC(=O)N3CCN(c4ccccc4F)CC3)C(=S)NC2C1. The van der Waals surface area contributed by atoms with E-state index in [1.807, 2.05) is 4.90 Å². The van der Waals surface area contributed by atoms with Crippen molar-refractivity contribution < 1.29 is 23.5 Å². The van der Waals surface area contributed by atoms with E-state index in [0.717, 1.165) is 0 Å². The average Bonchev–Trinajstić information content (AvgIpc) is 2.81. The predicted molar refractivity (Wildman–Crippen MR) is 119 cm³/mol. The number of halogens is 1. The molecule has 0 spiro atoms. The van der Waals surface area contributed by atoms with Crippen molar-refractivity contribution in [1.29, 1.82) is 0 Å². The highest BCUT2D eigenvalue weighted by atomic mass is 32.1. The zero-order valence-corrected chi connectivity index (χ0v) is 18.8. The maximum Gasteiger partial charge on any atom is 0.308 e. The molecule has 0 aromatic heterocycles. The van der Waals surface area contributed by atoms with Crippen molar-refractivity contribution in [3.8, 4) is 0 Å². The van der Waals surface area contributed by atoms with Crippen molar-refractivity contribution in [1.82, 2.24) is 15.1 Å². The van der Waals surface area contributed by atoms with E-state index in [0.29, 0.717) is 51.1 Å². The Hall–Kier alpha value is -2.75. The van der Waals surface area contributed by atoms with Gasteiger partial charge in [-0.1, -0.05) is 12.1 Å². The quantitative estimate of drug-likeness (QED) is 0.531. The van der Waals surface area contributed by atoms with Gasteiger partial charge in [-0.25, -0.2) is 4.39 Å². The van der Waals surface area contributed by atoms with Crippen LogP contribution in [-0.4, -0.2) is 78.6 Å². The van der Waals surface area contributed by atoms with Crippen molar-refractivity contribution in [2.75, 3.05) is 44.7 Å². The fraction of sp³-hybridized carbons (Fsp3) is 0.545. The Bertz CT molecular complexity index is 921. The maximum atomic E-state index is 14.0. The molecular formula is C22H27FN4O4S. The molecule has 3 unspecified atom stereocenters. The molecule has 1 aromatic carbocycles. The molecule has 0 bridgehead atoms. The van der Waals surface area contributed by atoms with E-state index < -0.39 is 0 Å².